The highest BCUT2D eigenvalue weighted by molar-refractivity contribution is 9.10. The van der Waals surface area contributed by atoms with Crippen LogP contribution in [0.1, 0.15) is 25.0 Å². The molecule has 0 heterocycles. The number of hydrogen-bond donors (Lipinski definition) is 1. The molecule has 138 valence electrons. The van der Waals surface area contributed by atoms with Gasteiger partial charge in [-0.3, -0.25) is 0 Å². The number of hydrogen-bond acceptors (Lipinski definition) is 3. The minimum absolute atomic E-state index is 0.676. The van der Waals surface area contributed by atoms with Crippen LogP contribution in [-0.4, -0.2) is 28.1 Å². The van der Waals surface area contributed by atoms with E-state index in [1.54, 1.807) is 0 Å². The molecule has 2 bridgehead atoms. The van der Waals surface area contributed by atoms with E-state index >= 15 is 0 Å². The monoisotopic (exact) mass is 424 g/mol. The van der Waals surface area contributed by atoms with Gasteiger partial charge >= 0.3 is 0 Å². The summed E-state index contributed by atoms with van der Waals surface area (Å²) in [5.74, 6) is -0.676. The number of aliphatic hydroxyl groups excluding tert-OH is 1. The predicted molar refractivity (Wildman–Crippen MR) is 109 cm³/mol. The summed E-state index contributed by atoms with van der Waals surface area (Å²) in [5.41, 5.74) is 1.96. The topological polar surface area (TPSA) is 54.4 Å². The maximum absolute atomic E-state index is 12.3. The Kier molecular flexibility index (Phi) is 4.06. The fourth-order valence-electron chi connectivity index (χ4n) is 5.43. The second kappa shape index (κ2) is 5.98. The molecule has 4 rings (SSSR count). The van der Waals surface area contributed by atoms with E-state index in [1.807, 2.05) is 74.5 Å². The fourth-order valence-corrected chi connectivity index (χ4v) is 6.43. The van der Waals surface area contributed by atoms with Crippen molar-refractivity contribution < 1.29 is 14.7 Å². The lowest BCUT2D eigenvalue weighted by Crippen LogP contribution is -2.49. The molecular weight excluding hydrogens is 404 g/mol. The van der Waals surface area contributed by atoms with Crippen LogP contribution in [-0.2, 0) is 9.59 Å². The quantitative estimate of drug-likeness (QED) is 0.592. The number of alkyl halides is 1. The van der Waals surface area contributed by atoms with Gasteiger partial charge in [-0.2, -0.15) is 0 Å². The minimum atomic E-state index is -1.17. The second-order valence-corrected chi connectivity index (χ2v) is 9.18. The molecule has 2 aliphatic carbocycles. The molecule has 27 heavy (non-hydrogen) atoms. The van der Waals surface area contributed by atoms with Crippen molar-refractivity contribution in [3.8, 4) is 0 Å². The molecule has 1 fully saturated rings. The first kappa shape index (κ1) is 18.3. The van der Waals surface area contributed by atoms with Gasteiger partial charge in [-0.05, 0) is 22.3 Å². The number of halogens is 1. The Hall–Kier alpha value is -2.04. The number of aldehydes is 2. The lowest BCUT2D eigenvalue weighted by Gasteiger charge is -2.44. The van der Waals surface area contributed by atoms with Crippen LogP contribution in [0.15, 0.2) is 60.7 Å². The van der Waals surface area contributed by atoms with E-state index in [-0.39, 0.29) is 0 Å². The summed E-state index contributed by atoms with van der Waals surface area (Å²) in [6, 6.07) is 19.7. The Morgan fingerprint density at radius 3 is 1.81 bits per heavy atom. The van der Waals surface area contributed by atoms with Crippen LogP contribution in [0.3, 0.4) is 0 Å². The highest BCUT2D eigenvalue weighted by Crippen LogP contribution is 2.76. The van der Waals surface area contributed by atoms with Gasteiger partial charge in [0.15, 0.2) is 0 Å². The predicted octanol–water partition coefficient (Wildman–Crippen LogP) is 4.15. The van der Waals surface area contributed by atoms with Crippen molar-refractivity contribution in [3.05, 3.63) is 71.8 Å². The molecule has 2 aromatic rings. The highest BCUT2D eigenvalue weighted by atomic mass is 79.9. The van der Waals surface area contributed by atoms with Gasteiger partial charge < -0.3 is 14.7 Å². The van der Waals surface area contributed by atoms with Crippen molar-refractivity contribution in [1.82, 2.24) is 0 Å². The Morgan fingerprint density at radius 2 is 1.37 bits per heavy atom. The van der Waals surface area contributed by atoms with Gasteiger partial charge in [-0.25, -0.2) is 0 Å². The van der Waals surface area contributed by atoms with Crippen LogP contribution in [0.5, 0.6) is 0 Å². The number of carbonyl (C=O) groups is 2. The normalized spacial score (nSPS) is 37.5. The lowest BCUT2D eigenvalue weighted by molar-refractivity contribution is -0.119. The molecule has 1 N–H and O–H groups in total. The summed E-state index contributed by atoms with van der Waals surface area (Å²) in [5, 5.41) is 11.5. The second-order valence-electron chi connectivity index (χ2n) is 7.87. The molecule has 5 atom stereocenters. The zero-order valence-corrected chi connectivity index (χ0v) is 16.8. The highest BCUT2D eigenvalue weighted by Gasteiger charge is 2.77. The van der Waals surface area contributed by atoms with Crippen LogP contribution >= 0.6 is 15.9 Å². The fraction of sp³-hybridized carbons (Fsp3) is 0.304. The molecule has 0 radical (unpaired) electrons. The third kappa shape index (κ3) is 2.00. The lowest BCUT2D eigenvalue weighted by atomic mass is 9.63. The summed E-state index contributed by atoms with van der Waals surface area (Å²) in [4.78, 5) is 24.4. The Bertz CT molecular complexity index is 939. The van der Waals surface area contributed by atoms with Crippen molar-refractivity contribution in [3.63, 3.8) is 0 Å². The molecule has 4 heteroatoms. The number of rotatable bonds is 4. The van der Waals surface area contributed by atoms with Crippen LogP contribution in [0, 0.1) is 16.7 Å². The first-order valence-corrected chi connectivity index (χ1v) is 9.81. The third-order valence-electron chi connectivity index (χ3n) is 6.75. The number of benzene rings is 2. The van der Waals surface area contributed by atoms with Crippen molar-refractivity contribution in [2.75, 3.05) is 0 Å². The summed E-state index contributed by atoms with van der Waals surface area (Å²) < 4.78 is -1.17. The van der Waals surface area contributed by atoms with E-state index in [9.17, 15) is 14.7 Å². The van der Waals surface area contributed by atoms with Gasteiger partial charge in [0.05, 0.1) is 6.10 Å². The van der Waals surface area contributed by atoms with Crippen molar-refractivity contribution >= 4 is 39.6 Å². The molecule has 0 saturated heterocycles. The molecule has 1 saturated carbocycles. The molecule has 2 aliphatic rings. The molecule has 2 aromatic carbocycles. The summed E-state index contributed by atoms with van der Waals surface area (Å²) in [7, 11) is 0. The number of aliphatic hydroxyl groups is 1. The van der Waals surface area contributed by atoms with Crippen LogP contribution < -0.4 is 0 Å². The molecule has 0 aromatic heterocycles. The molecule has 5 unspecified atom stereocenters. The SMILES string of the molecule is CC12C(c3ccccc3)=C(c3ccccc3)C(C)(C1O)C(Br)(C=O)C2C=O. The van der Waals surface area contributed by atoms with Crippen molar-refractivity contribution in [2.24, 2.45) is 16.7 Å². The van der Waals surface area contributed by atoms with E-state index in [0.29, 0.717) is 0 Å². The Morgan fingerprint density at radius 1 is 0.889 bits per heavy atom. The molecule has 3 nitrogen and oxygen atoms in total. The van der Waals surface area contributed by atoms with E-state index in [4.69, 9.17) is 0 Å². The molecule has 0 amide bonds. The smallest absolute Gasteiger partial charge is 0.138 e. The number of carbonyl (C=O) groups excluding carboxylic acids is 2. The Balaban J connectivity index is 2.16. The van der Waals surface area contributed by atoms with Gasteiger partial charge in [-0.15, -0.1) is 0 Å². The van der Waals surface area contributed by atoms with Gasteiger partial charge in [0.2, 0.25) is 0 Å². The van der Waals surface area contributed by atoms with Crippen molar-refractivity contribution in [1.29, 1.82) is 0 Å². The summed E-state index contributed by atoms with van der Waals surface area (Å²) in [6.45, 7) is 3.79. The van der Waals surface area contributed by atoms with Crippen molar-refractivity contribution in [2.45, 2.75) is 24.3 Å². The van der Waals surface area contributed by atoms with E-state index in [0.717, 1.165) is 34.8 Å². The summed E-state index contributed by atoms with van der Waals surface area (Å²) >= 11 is 3.60. The van der Waals surface area contributed by atoms with Gasteiger partial charge in [0.25, 0.3) is 0 Å². The van der Waals surface area contributed by atoms with E-state index in [2.05, 4.69) is 15.9 Å². The van der Waals surface area contributed by atoms with Crippen LogP contribution in [0.25, 0.3) is 11.1 Å². The standard InChI is InChI=1S/C23H21BrO3/c1-21-17(13-25)23(24,14-26)22(2,20(21)27)19(16-11-7-4-8-12-16)18(21)15-9-5-3-6-10-15/h3-14,17,20,27H,1-2H3. The van der Waals surface area contributed by atoms with Gasteiger partial charge in [0.1, 0.15) is 16.9 Å². The first-order valence-electron chi connectivity index (χ1n) is 9.02. The largest absolute Gasteiger partial charge is 0.391 e. The average molecular weight is 425 g/mol. The summed E-state index contributed by atoms with van der Waals surface area (Å²) in [6.07, 6.45) is 0.739. The molecular formula is C23H21BrO3. The first-order chi connectivity index (χ1) is 12.9. The van der Waals surface area contributed by atoms with E-state index < -0.39 is 27.2 Å². The zero-order chi connectivity index (χ0) is 19.4. The van der Waals surface area contributed by atoms with Crippen LogP contribution in [0.4, 0.5) is 0 Å². The minimum Gasteiger partial charge on any atom is -0.391 e. The van der Waals surface area contributed by atoms with Gasteiger partial charge in [0, 0.05) is 16.7 Å². The van der Waals surface area contributed by atoms with Crippen LogP contribution in [0.2, 0.25) is 0 Å². The molecule has 0 spiro atoms. The maximum Gasteiger partial charge on any atom is 0.138 e. The average Bonchev–Trinajstić information content (AvgIpc) is 2.96. The van der Waals surface area contributed by atoms with Gasteiger partial charge in [-0.1, -0.05) is 90.4 Å². The molecule has 0 aliphatic heterocycles. The third-order valence-corrected chi connectivity index (χ3v) is 8.25. The van der Waals surface area contributed by atoms with E-state index in [1.165, 1.54) is 0 Å². The number of fused-ring (bicyclic) bond motifs is 2. The zero-order valence-electron chi connectivity index (χ0n) is 15.2. The Labute approximate surface area is 167 Å². The maximum atomic E-state index is 12.3.